The smallest absolute Gasteiger partial charge is 0.206 e. The maximum absolute atomic E-state index is 16.0. The zero-order valence-electron chi connectivity index (χ0n) is 18.5. The second-order valence-electron chi connectivity index (χ2n) is 9.12. The Labute approximate surface area is 190 Å². The molecule has 1 aromatic carbocycles. The number of anilines is 2. The van der Waals surface area contributed by atoms with Crippen molar-refractivity contribution in [2.75, 3.05) is 23.4 Å². The van der Waals surface area contributed by atoms with Crippen LogP contribution >= 0.6 is 0 Å². The molecule has 1 spiro atoms. The van der Waals surface area contributed by atoms with Crippen LogP contribution in [0.25, 0.3) is 11.0 Å². The normalized spacial score (nSPS) is 25.3. The van der Waals surface area contributed by atoms with E-state index in [9.17, 15) is 0 Å². The van der Waals surface area contributed by atoms with Gasteiger partial charge in [0.05, 0.1) is 34.7 Å². The molecule has 33 heavy (non-hydrogen) atoms. The summed E-state index contributed by atoms with van der Waals surface area (Å²) in [7, 11) is 0. The molecule has 3 aromatic rings. The van der Waals surface area contributed by atoms with Crippen molar-refractivity contribution in [2.45, 2.75) is 45.1 Å². The summed E-state index contributed by atoms with van der Waals surface area (Å²) in [5, 5.41) is 8.03. The predicted octanol–water partition coefficient (Wildman–Crippen LogP) is 3.61. The van der Waals surface area contributed by atoms with Crippen LogP contribution in [0.2, 0.25) is 0 Å². The molecule has 3 atom stereocenters. The molecular formula is C24H25FN6O2. The molecule has 0 amide bonds. The van der Waals surface area contributed by atoms with Gasteiger partial charge in [0.25, 0.3) is 0 Å². The van der Waals surface area contributed by atoms with Crippen molar-refractivity contribution in [3.63, 3.8) is 0 Å². The number of hydrogen-bond donors (Lipinski definition) is 1. The van der Waals surface area contributed by atoms with E-state index >= 15 is 4.39 Å². The summed E-state index contributed by atoms with van der Waals surface area (Å²) in [6.45, 7) is 5.57. The van der Waals surface area contributed by atoms with Gasteiger partial charge in [-0.3, -0.25) is 15.0 Å². The summed E-state index contributed by atoms with van der Waals surface area (Å²) in [5.41, 5.74) is 2.17. The van der Waals surface area contributed by atoms with Crippen molar-refractivity contribution in [2.24, 2.45) is 15.4 Å². The molecule has 3 aliphatic heterocycles. The number of rotatable bonds is 3. The van der Waals surface area contributed by atoms with Crippen molar-refractivity contribution < 1.29 is 13.7 Å². The molecule has 0 radical (unpaired) electrons. The summed E-state index contributed by atoms with van der Waals surface area (Å²) < 4.78 is 27.6. The summed E-state index contributed by atoms with van der Waals surface area (Å²) in [6.07, 6.45) is 7.91. The number of nitrogens with one attached hydrogen (secondary N) is 1. The van der Waals surface area contributed by atoms with E-state index in [1.54, 1.807) is 12.4 Å². The van der Waals surface area contributed by atoms with Crippen molar-refractivity contribution in [1.82, 2.24) is 10.1 Å². The number of aliphatic imine (C=N–C) groups is 2. The van der Waals surface area contributed by atoms with E-state index in [-0.39, 0.29) is 29.7 Å². The Hall–Kier alpha value is -3.33. The van der Waals surface area contributed by atoms with E-state index in [1.165, 1.54) is 0 Å². The van der Waals surface area contributed by atoms with Gasteiger partial charge in [-0.2, -0.15) is 0 Å². The average molecular weight is 449 g/mol. The molecule has 8 nitrogen and oxygen atoms in total. The summed E-state index contributed by atoms with van der Waals surface area (Å²) in [5.74, 6) is 0.136. The van der Waals surface area contributed by atoms with Gasteiger partial charge in [0, 0.05) is 37.9 Å². The molecule has 3 aliphatic rings. The van der Waals surface area contributed by atoms with Crippen LogP contribution in [-0.2, 0) is 17.7 Å². The van der Waals surface area contributed by atoms with Crippen molar-refractivity contribution in [1.29, 1.82) is 0 Å². The van der Waals surface area contributed by atoms with Gasteiger partial charge in [-0.25, -0.2) is 4.39 Å². The third-order valence-corrected chi connectivity index (χ3v) is 6.78. The largest absolute Gasteiger partial charge is 0.372 e. The number of morpholine rings is 1. The zero-order chi connectivity index (χ0) is 22.6. The SMILES string of the molecule is C[C@H]1CN2c3c(cc4c(NCc5cccnc5)noc4c3F)CC3(C=NCN=C3)[C@@H]2[C@@H](C)O1. The Bertz CT molecular complexity index is 1240. The third kappa shape index (κ3) is 3.21. The van der Waals surface area contributed by atoms with Gasteiger partial charge in [0.1, 0.15) is 6.67 Å². The molecule has 0 bridgehead atoms. The van der Waals surface area contributed by atoms with Gasteiger partial charge >= 0.3 is 0 Å². The molecule has 5 heterocycles. The summed E-state index contributed by atoms with van der Waals surface area (Å²) in [4.78, 5) is 15.2. The topological polar surface area (TPSA) is 88.1 Å². The first-order chi connectivity index (χ1) is 16.1. The standard InChI is InChI=1S/C24H25FN6O2/c1-14-10-31-20-17(7-24(11-27-13-28-12-24)22(31)15(2)32-14)6-18-21(19(20)25)33-30-23(18)29-9-16-4-3-5-26-8-16/h3-6,8,11-12,14-15,22H,7,9-10,13H2,1-2H3,(H,29,30)/t14-,15+,22-/m0/s1. The first-order valence-corrected chi connectivity index (χ1v) is 11.2. The monoisotopic (exact) mass is 448 g/mol. The van der Waals surface area contributed by atoms with E-state index in [0.717, 1.165) is 11.1 Å². The summed E-state index contributed by atoms with van der Waals surface area (Å²) >= 11 is 0. The summed E-state index contributed by atoms with van der Waals surface area (Å²) in [6, 6.07) is 5.74. The third-order valence-electron chi connectivity index (χ3n) is 6.78. The molecule has 1 saturated heterocycles. The Balaban J connectivity index is 1.45. The van der Waals surface area contributed by atoms with Gasteiger partial charge in [-0.15, -0.1) is 0 Å². The number of nitrogens with zero attached hydrogens (tertiary/aromatic N) is 5. The second kappa shape index (κ2) is 7.62. The Kier molecular flexibility index (Phi) is 4.69. The van der Waals surface area contributed by atoms with E-state index in [0.29, 0.717) is 43.1 Å². The highest BCUT2D eigenvalue weighted by Crippen LogP contribution is 2.47. The predicted molar refractivity (Wildman–Crippen MR) is 125 cm³/mol. The highest BCUT2D eigenvalue weighted by Gasteiger charge is 2.52. The number of pyridine rings is 1. The second-order valence-corrected chi connectivity index (χ2v) is 9.12. The molecular weight excluding hydrogens is 423 g/mol. The first kappa shape index (κ1) is 20.3. The molecule has 6 rings (SSSR count). The maximum Gasteiger partial charge on any atom is 0.206 e. The van der Waals surface area contributed by atoms with E-state index < -0.39 is 5.41 Å². The van der Waals surface area contributed by atoms with E-state index in [2.05, 4.69) is 30.3 Å². The van der Waals surface area contributed by atoms with Crippen LogP contribution in [0.1, 0.15) is 25.0 Å². The van der Waals surface area contributed by atoms with Crippen LogP contribution in [0.15, 0.2) is 45.1 Å². The van der Waals surface area contributed by atoms with Crippen LogP contribution in [0.4, 0.5) is 15.9 Å². The van der Waals surface area contributed by atoms with Crippen LogP contribution in [0, 0.1) is 11.2 Å². The van der Waals surface area contributed by atoms with Crippen molar-refractivity contribution >= 4 is 34.9 Å². The fourth-order valence-corrected chi connectivity index (χ4v) is 5.61. The molecule has 0 unspecified atom stereocenters. The van der Waals surface area contributed by atoms with Gasteiger partial charge < -0.3 is 19.5 Å². The number of fused-ring (bicyclic) bond motifs is 5. The Morgan fingerprint density at radius 3 is 2.91 bits per heavy atom. The van der Waals surface area contributed by atoms with Gasteiger partial charge in [-0.1, -0.05) is 11.2 Å². The molecule has 0 aliphatic carbocycles. The molecule has 1 fully saturated rings. The molecule has 2 aromatic heterocycles. The van der Waals surface area contributed by atoms with Crippen molar-refractivity contribution in [3.05, 3.63) is 47.5 Å². The minimum absolute atomic E-state index is 0.0294. The van der Waals surface area contributed by atoms with E-state index in [1.807, 2.05) is 44.5 Å². The van der Waals surface area contributed by atoms with Crippen LogP contribution < -0.4 is 10.2 Å². The van der Waals surface area contributed by atoms with Crippen LogP contribution in [0.3, 0.4) is 0 Å². The van der Waals surface area contributed by atoms with E-state index in [4.69, 9.17) is 9.26 Å². The number of ether oxygens (including phenoxy) is 1. The fourth-order valence-electron chi connectivity index (χ4n) is 5.61. The highest BCUT2D eigenvalue weighted by atomic mass is 19.1. The maximum atomic E-state index is 16.0. The number of hydrogen-bond acceptors (Lipinski definition) is 8. The number of aromatic nitrogens is 2. The Morgan fingerprint density at radius 2 is 2.12 bits per heavy atom. The average Bonchev–Trinajstić information content (AvgIpc) is 3.21. The highest BCUT2D eigenvalue weighted by molar-refractivity contribution is 5.97. The van der Waals surface area contributed by atoms with Crippen LogP contribution in [-0.4, -0.2) is 54.0 Å². The number of halogens is 1. The molecule has 9 heteroatoms. The lowest BCUT2D eigenvalue weighted by atomic mass is 9.69. The zero-order valence-corrected chi connectivity index (χ0v) is 18.5. The number of benzene rings is 1. The quantitative estimate of drug-likeness (QED) is 0.659. The lowest BCUT2D eigenvalue weighted by Gasteiger charge is -2.54. The first-order valence-electron chi connectivity index (χ1n) is 11.2. The minimum Gasteiger partial charge on any atom is -0.372 e. The van der Waals surface area contributed by atoms with Crippen molar-refractivity contribution in [3.8, 4) is 0 Å². The van der Waals surface area contributed by atoms with Gasteiger partial charge in [0.2, 0.25) is 5.58 Å². The fraction of sp³-hybridized carbons (Fsp3) is 0.417. The van der Waals surface area contributed by atoms with Crippen LogP contribution in [0.5, 0.6) is 0 Å². The minimum atomic E-state index is -0.453. The Morgan fingerprint density at radius 1 is 1.27 bits per heavy atom. The molecule has 1 N–H and O–H groups in total. The molecule has 0 saturated carbocycles. The lowest BCUT2D eigenvalue weighted by molar-refractivity contribution is -0.0432. The van der Waals surface area contributed by atoms with Gasteiger partial charge in [0.15, 0.2) is 11.6 Å². The lowest BCUT2D eigenvalue weighted by Crippen LogP contribution is -2.65. The van der Waals surface area contributed by atoms with Gasteiger partial charge in [-0.05, 0) is 43.5 Å². The molecule has 170 valence electrons.